The summed E-state index contributed by atoms with van der Waals surface area (Å²) in [4.78, 5) is 0. The van der Waals surface area contributed by atoms with Gasteiger partial charge in [-0.05, 0) is 40.5 Å². The second kappa shape index (κ2) is 2.44. The summed E-state index contributed by atoms with van der Waals surface area (Å²) in [6, 6.07) is 0. The highest BCUT2D eigenvalue weighted by atomic mass is 35.5. The van der Waals surface area contributed by atoms with Gasteiger partial charge in [0.25, 0.3) is 0 Å². The van der Waals surface area contributed by atoms with Crippen molar-refractivity contribution in [2.45, 2.75) is 56.5 Å². The van der Waals surface area contributed by atoms with E-state index in [9.17, 15) is 0 Å². The van der Waals surface area contributed by atoms with E-state index in [1.807, 2.05) is 0 Å². The largest absolute Gasteiger partial charge is 0.480 e. The summed E-state index contributed by atoms with van der Waals surface area (Å²) in [7, 11) is -0.223. The first kappa shape index (κ1) is 9.82. The van der Waals surface area contributed by atoms with E-state index >= 15 is 0 Å². The Morgan fingerprint density at radius 1 is 1.00 bits per heavy atom. The smallest absolute Gasteiger partial charge is 0.402 e. The van der Waals surface area contributed by atoms with E-state index in [1.54, 1.807) is 0 Å². The first-order valence-corrected chi connectivity index (χ1v) is 5.19. The zero-order valence-electron chi connectivity index (χ0n) is 8.69. The molecule has 1 aliphatic heterocycles. The maximum atomic E-state index is 6.26. The quantitative estimate of drug-likeness (QED) is 0.480. The van der Waals surface area contributed by atoms with Gasteiger partial charge < -0.3 is 9.31 Å². The fourth-order valence-electron chi connectivity index (χ4n) is 1.41. The number of hydrogen-bond donors (Lipinski definition) is 0. The molecule has 0 aromatic carbocycles. The van der Waals surface area contributed by atoms with Gasteiger partial charge in [0.05, 0.1) is 16.0 Å². The average molecular weight is 202 g/mol. The van der Waals surface area contributed by atoms with Gasteiger partial charge in [0, 0.05) is 0 Å². The van der Waals surface area contributed by atoms with Crippen LogP contribution in [0.25, 0.3) is 0 Å². The summed E-state index contributed by atoms with van der Waals surface area (Å²) in [5.41, 5.74) is -0.496. The van der Waals surface area contributed by atoms with Gasteiger partial charge in [-0.1, -0.05) is 0 Å². The van der Waals surface area contributed by atoms with Crippen molar-refractivity contribution < 1.29 is 9.31 Å². The van der Waals surface area contributed by atoms with Crippen molar-refractivity contribution in [1.29, 1.82) is 0 Å². The molecular formula is C9H16BClO2. The minimum Gasteiger partial charge on any atom is -0.402 e. The van der Waals surface area contributed by atoms with Gasteiger partial charge in [-0.2, -0.15) is 0 Å². The third-order valence-electron chi connectivity index (χ3n) is 3.40. The van der Waals surface area contributed by atoms with Gasteiger partial charge in [-0.25, -0.2) is 0 Å². The number of alkyl halides is 1. The van der Waals surface area contributed by atoms with Crippen LogP contribution in [0.3, 0.4) is 0 Å². The number of rotatable bonds is 1. The van der Waals surface area contributed by atoms with Crippen LogP contribution in [0.2, 0.25) is 0 Å². The fraction of sp³-hybridized carbons (Fsp3) is 1.00. The van der Waals surface area contributed by atoms with Crippen LogP contribution in [0, 0.1) is 0 Å². The summed E-state index contributed by atoms with van der Waals surface area (Å²) in [5, 5.41) is 0. The molecule has 74 valence electrons. The molecular weight excluding hydrogens is 186 g/mol. The monoisotopic (exact) mass is 202 g/mol. The summed E-state index contributed by atoms with van der Waals surface area (Å²) in [6.07, 6.45) is 2.01. The Labute approximate surface area is 85.1 Å². The van der Waals surface area contributed by atoms with E-state index in [4.69, 9.17) is 20.9 Å². The van der Waals surface area contributed by atoms with Crippen LogP contribution in [-0.4, -0.2) is 23.1 Å². The molecule has 0 N–H and O–H groups in total. The van der Waals surface area contributed by atoms with E-state index in [0.29, 0.717) is 0 Å². The Balaban J connectivity index is 2.15. The molecule has 1 aliphatic carbocycles. The highest BCUT2D eigenvalue weighted by molar-refractivity contribution is 6.64. The summed E-state index contributed by atoms with van der Waals surface area (Å²) in [6.45, 7) is 8.20. The Kier molecular flexibility index (Phi) is 1.84. The van der Waals surface area contributed by atoms with E-state index in [0.717, 1.165) is 12.8 Å². The molecule has 0 aromatic rings. The SMILES string of the molecule is CC1(C)OB(C2(Cl)CC2)OC1(C)C. The molecule has 2 rings (SSSR count). The van der Waals surface area contributed by atoms with Crippen molar-refractivity contribution in [2.75, 3.05) is 0 Å². The average Bonchev–Trinajstić information content (AvgIpc) is 2.61. The summed E-state index contributed by atoms with van der Waals surface area (Å²) < 4.78 is 11.4. The van der Waals surface area contributed by atoms with Crippen LogP contribution in [0.5, 0.6) is 0 Å². The third-order valence-corrected chi connectivity index (χ3v) is 3.96. The number of halogens is 1. The molecule has 0 atom stereocenters. The molecule has 0 bridgehead atoms. The lowest BCUT2D eigenvalue weighted by atomic mass is 9.81. The molecule has 0 spiro atoms. The van der Waals surface area contributed by atoms with Crippen molar-refractivity contribution in [3.63, 3.8) is 0 Å². The van der Waals surface area contributed by atoms with Crippen LogP contribution >= 0.6 is 11.6 Å². The van der Waals surface area contributed by atoms with Crippen LogP contribution in [0.15, 0.2) is 0 Å². The lowest BCUT2D eigenvalue weighted by Gasteiger charge is -2.32. The molecule has 0 radical (unpaired) electrons. The Hall–Kier alpha value is 0.275. The van der Waals surface area contributed by atoms with E-state index in [2.05, 4.69) is 27.7 Å². The molecule has 2 nitrogen and oxygen atoms in total. The topological polar surface area (TPSA) is 18.5 Å². The fourth-order valence-corrected chi connectivity index (χ4v) is 1.59. The van der Waals surface area contributed by atoms with E-state index in [-0.39, 0.29) is 23.1 Å². The van der Waals surface area contributed by atoms with Crippen LogP contribution < -0.4 is 0 Å². The zero-order chi connectivity index (χ0) is 9.91. The first-order chi connectivity index (χ1) is 5.77. The molecule has 1 saturated heterocycles. The standard InChI is InChI=1S/C9H16BClO2/c1-7(2)8(3,4)13-10(12-7)9(11)5-6-9/h5-6H2,1-4H3. The van der Waals surface area contributed by atoms with Gasteiger partial charge in [0.2, 0.25) is 0 Å². The maximum absolute atomic E-state index is 6.26. The predicted octanol–water partition coefficient (Wildman–Crippen LogP) is 2.39. The molecule has 1 saturated carbocycles. The van der Waals surface area contributed by atoms with Crippen LogP contribution in [0.1, 0.15) is 40.5 Å². The van der Waals surface area contributed by atoms with Crippen molar-refractivity contribution in [3.8, 4) is 0 Å². The highest BCUT2D eigenvalue weighted by Gasteiger charge is 2.63. The van der Waals surface area contributed by atoms with E-state index in [1.165, 1.54) is 0 Å². The van der Waals surface area contributed by atoms with Gasteiger partial charge >= 0.3 is 7.12 Å². The molecule has 0 unspecified atom stereocenters. The molecule has 0 aromatic heterocycles. The van der Waals surface area contributed by atoms with Gasteiger partial charge in [-0.15, -0.1) is 11.6 Å². The van der Waals surface area contributed by atoms with Gasteiger partial charge in [0.1, 0.15) is 0 Å². The van der Waals surface area contributed by atoms with E-state index < -0.39 is 0 Å². The Morgan fingerprint density at radius 3 is 1.69 bits per heavy atom. The lowest BCUT2D eigenvalue weighted by Crippen LogP contribution is -2.41. The molecule has 1 heterocycles. The third kappa shape index (κ3) is 1.41. The Morgan fingerprint density at radius 2 is 1.38 bits per heavy atom. The molecule has 0 amide bonds. The summed E-state index contributed by atoms with van der Waals surface area (Å²) >= 11 is 6.26. The van der Waals surface area contributed by atoms with Gasteiger partial charge in [0.15, 0.2) is 0 Å². The van der Waals surface area contributed by atoms with Crippen molar-refractivity contribution >= 4 is 18.7 Å². The maximum Gasteiger partial charge on any atom is 0.480 e. The lowest BCUT2D eigenvalue weighted by molar-refractivity contribution is 0.00578. The van der Waals surface area contributed by atoms with Crippen molar-refractivity contribution in [2.24, 2.45) is 0 Å². The van der Waals surface area contributed by atoms with Gasteiger partial charge in [-0.3, -0.25) is 0 Å². The van der Waals surface area contributed by atoms with Crippen molar-refractivity contribution in [3.05, 3.63) is 0 Å². The second-order valence-corrected chi connectivity index (χ2v) is 5.88. The first-order valence-electron chi connectivity index (χ1n) is 4.81. The van der Waals surface area contributed by atoms with Crippen LogP contribution in [-0.2, 0) is 9.31 Å². The molecule has 2 aliphatic rings. The summed E-state index contributed by atoms with van der Waals surface area (Å²) in [5.74, 6) is 0. The normalized spacial score (nSPS) is 33.5. The van der Waals surface area contributed by atoms with Crippen molar-refractivity contribution in [1.82, 2.24) is 0 Å². The number of hydrogen-bond acceptors (Lipinski definition) is 2. The molecule has 2 fully saturated rings. The predicted molar refractivity (Wildman–Crippen MR) is 53.9 cm³/mol. The minimum absolute atomic E-state index is 0.223. The second-order valence-electron chi connectivity index (χ2n) is 5.12. The highest BCUT2D eigenvalue weighted by Crippen LogP contribution is 2.51. The minimum atomic E-state index is -0.248. The zero-order valence-corrected chi connectivity index (χ0v) is 9.44. The molecule has 13 heavy (non-hydrogen) atoms. The Bertz CT molecular complexity index is 220. The molecule has 4 heteroatoms. The van der Waals surface area contributed by atoms with Crippen LogP contribution in [0.4, 0.5) is 0 Å².